The van der Waals surface area contributed by atoms with Gasteiger partial charge in [-0.2, -0.15) is 4.98 Å². The van der Waals surface area contributed by atoms with E-state index in [-0.39, 0.29) is 6.08 Å². The Bertz CT molecular complexity index is 850. The van der Waals surface area contributed by atoms with Crippen molar-refractivity contribution in [2.45, 2.75) is 12.7 Å². The molecule has 3 rings (SSSR count). The zero-order chi connectivity index (χ0) is 16.4. The standard InChI is InChI=1S/C16H13ClN2O4/c1-16(14(18)20,22-11-5-3-2-4-6-11)23-15-19-12-8-7-10(17)9-13(12)21-15/h2-9H,1H3,(H2,18,20). The predicted molar refractivity (Wildman–Crippen MR) is 84.3 cm³/mol. The van der Waals surface area contributed by atoms with Gasteiger partial charge in [-0.3, -0.25) is 4.79 Å². The third-order valence-corrected chi connectivity index (χ3v) is 3.35. The molecule has 118 valence electrons. The number of primary amides is 1. The predicted octanol–water partition coefficient (Wildman–Crippen LogP) is 3.14. The van der Waals surface area contributed by atoms with Gasteiger partial charge in [0.1, 0.15) is 11.3 Å². The highest BCUT2D eigenvalue weighted by molar-refractivity contribution is 6.31. The summed E-state index contributed by atoms with van der Waals surface area (Å²) in [5, 5.41) is 0.499. The first kappa shape index (κ1) is 15.2. The van der Waals surface area contributed by atoms with E-state index in [1.54, 1.807) is 42.5 Å². The summed E-state index contributed by atoms with van der Waals surface area (Å²) in [5.74, 6) is -2.17. The summed E-state index contributed by atoms with van der Waals surface area (Å²) in [6.07, 6.45) is -0.139. The van der Waals surface area contributed by atoms with E-state index in [4.69, 9.17) is 31.2 Å². The fourth-order valence-electron chi connectivity index (χ4n) is 1.92. The van der Waals surface area contributed by atoms with E-state index >= 15 is 0 Å². The van der Waals surface area contributed by atoms with Crippen LogP contribution in [0.2, 0.25) is 5.02 Å². The van der Waals surface area contributed by atoms with Gasteiger partial charge < -0.3 is 19.6 Å². The summed E-state index contributed by atoms with van der Waals surface area (Å²) in [4.78, 5) is 15.9. The lowest BCUT2D eigenvalue weighted by atomic mass is 10.3. The van der Waals surface area contributed by atoms with E-state index in [0.717, 1.165) is 0 Å². The van der Waals surface area contributed by atoms with E-state index in [9.17, 15) is 4.79 Å². The molecule has 2 N–H and O–H groups in total. The van der Waals surface area contributed by atoms with Gasteiger partial charge in [0.05, 0.1) is 0 Å². The molecular weight excluding hydrogens is 320 g/mol. The van der Waals surface area contributed by atoms with E-state index in [0.29, 0.717) is 21.9 Å². The van der Waals surface area contributed by atoms with Crippen molar-refractivity contribution in [2.75, 3.05) is 0 Å². The fraction of sp³-hybridized carbons (Fsp3) is 0.125. The van der Waals surface area contributed by atoms with Crippen LogP contribution in [-0.4, -0.2) is 16.7 Å². The van der Waals surface area contributed by atoms with Crippen LogP contribution in [0, 0.1) is 0 Å². The number of carbonyl (C=O) groups is 1. The fourth-order valence-corrected chi connectivity index (χ4v) is 2.08. The lowest BCUT2D eigenvalue weighted by Gasteiger charge is -2.25. The van der Waals surface area contributed by atoms with E-state index in [1.165, 1.54) is 6.92 Å². The quantitative estimate of drug-likeness (QED) is 0.725. The number of nitrogens with two attached hydrogens (primary N) is 1. The Morgan fingerprint density at radius 3 is 2.65 bits per heavy atom. The third-order valence-electron chi connectivity index (χ3n) is 3.12. The molecular formula is C16H13ClN2O4. The lowest BCUT2D eigenvalue weighted by molar-refractivity contribution is -0.161. The molecule has 1 aromatic heterocycles. The molecule has 0 radical (unpaired) electrons. The van der Waals surface area contributed by atoms with Crippen molar-refractivity contribution < 1.29 is 18.7 Å². The van der Waals surface area contributed by atoms with Crippen molar-refractivity contribution in [3.8, 4) is 11.8 Å². The maximum Gasteiger partial charge on any atom is 0.398 e. The van der Waals surface area contributed by atoms with Crippen molar-refractivity contribution in [2.24, 2.45) is 5.73 Å². The van der Waals surface area contributed by atoms with Crippen LogP contribution < -0.4 is 15.2 Å². The average molecular weight is 333 g/mol. The molecule has 1 amide bonds. The van der Waals surface area contributed by atoms with E-state index in [1.807, 2.05) is 6.07 Å². The molecule has 0 aliphatic carbocycles. The molecule has 0 aliphatic rings. The smallest absolute Gasteiger partial charge is 0.398 e. The highest BCUT2D eigenvalue weighted by atomic mass is 35.5. The minimum Gasteiger partial charge on any atom is -0.444 e. The van der Waals surface area contributed by atoms with Gasteiger partial charge in [-0.05, 0) is 24.3 Å². The van der Waals surface area contributed by atoms with Crippen LogP contribution >= 0.6 is 11.6 Å². The average Bonchev–Trinajstić information content (AvgIpc) is 2.89. The molecule has 2 aromatic carbocycles. The first-order chi connectivity index (χ1) is 11.0. The van der Waals surface area contributed by atoms with Crippen LogP contribution in [0.4, 0.5) is 0 Å². The summed E-state index contributed by atoms with van der Waals surface area (Å²) >= 11 is 5.89. The monoisotopic (exact) mass is 332 g/mol. The highest BCUT2D eigenvalue weighted by Crippen LogP contribution is 2.27. The van der Waals surface area contributed by atoms with Gasteiger partial charge in [-0.25, -0.2) is 0 Å². The number of hydrogen-bond acceptors (Lipinski definition) is 5. The summed E-state index contributed by atoms with van der Waals surface area (Å²) in [5.41, 5.74) is 6.37. The molecule has 0 bridgehead atoms. The summed E-state index contributed by atoms with van der Waals surface area (Å²) in [6.45, 7) is 1.39. The van der Waals surface area contributed by atoms with Crippen LogP contribution in [0.1, 0.15) is 6.92 Å². The first-order valence-electron chi connectivity index (χ1n) is 6.75. The van der Waals surface area contributed by atoms with E-state index < -0.39 is 11.7 Å². The molecule has 3 aromatic rings. The van der Waals surface area contributed by atoms with Crippen LogP contribution in [0.3, 0.4) is 0 Å². The van der Waals surface area contributed by atoms with Crippen LogP contribution in [0.5, 0.6) is 11.8 Å². The molecule has 6 nitrogen and oxygen atoms in total. The van der Waals surface area contributed by atoms with Gasteiger partial charge in [-0.15, -0.1) is 0 Å². The van der Waals surface area contributed by atoms with Gasteiger partial charge in [0.2, 0.25) is 0 Å². The van der Waals surface area contributed by atoms with Gasteiger partial charge >= 0.3 is 17.8 Å². The topological polar surface area (TPSA) is 87.6 Å². The number of para-hydroxylation sites is 1. The van der Waals surface area contributed by atoms with E-state index in [2.05, 4.69) is 4.98 Å². The Hall–Kier alpha value is -2.73. The molecule has 0 saturated carbocycles. The van der Waals surface area contributed by atoms with Crippen molar-refractivity contribution in [1.82, 2.24) is 4.98 Å². The van der Waals surface area contributed by atoms with Gasteiger partial charge in [0, 0.05) is 18.0 Å². The van der Waals surface area contributed by atoms with Crippen LogP contribution in [0.25, 0.3) is 11.1 Å². The molecule has 0 fully saturated rings. The molecule has 0 aliphatic heterocycles. The summed E-state index contributed by atoms with van der Waals surface area (Å²) < 4.78 is 16.5. The lowest BCUT2D eigenvalue weighted by Crippen LogP contribution is -2.51. The third kappa shape index (κ3) is 3.22. The zero-order valence-electron chi connectivity index (χ0n) is 12.2. The first-order valence-corrected chi connectivity index (χ1v) is 7.13. The second-order valence-electron chi connectivity index (χ2n) is 4.92. The van der Waals surface area contributed by atoms with Crippen LogP contribution in [-0.2, 0) is 4.79 Å². The van der Waals surface area contributed by atoms with Crippen molar-refractivity contribution in [1.29, 1.82) is 0 Å². The number of oxazole rings is 1. The number of carbonyl (C=O) groups excluding carboxylic acids is 1. The maximum absolute atomic E-state index is 11.8. The van der Waals surface area contributed by atoms with Crippen molar-refractivity contribution >= 4 is 28.6 Å². The Kier molecular flexibility index (Phi) is 3.83. The molecule has 0 saturated heterocycles. The number of aromatic nitrogens is 1. The minimum absolute atomic E-state index is 0.139. The van der Waals surface area contributed by atoms with Crippen LogP contribution in [0.15, 0.2) is 52.9 Å². The molecule has 1 unspecified atom stereocenters. The number of ether oxygens (including phenoxy) is 2. The normalized spacial score (nSPS) is 13.5. The maximum atomic E-state index is 11.8. The highest BCUT2D eigenvalue weighted by Gasteiger charge is 2.38. The summed E-state index contributed by atoms with van der Waals surface area (Å²) in [6, 6.07) is 13.6. The summed E-state index contributed by atoms with van der Waals surface area (Å²) in [7, 11) is 0. The van der Waals surface area contributed by atoms with Gasteiger partial charge in [-0.1, -0.05) is 29.8 Å². The number of amides is 1. The number of rotatable bonds is 5. The molecule has 23 heavy (non-hydrogen) atoms. The van der Waals surface area contributed by atoms with Gasteiger partial charge in [0.25, 0.3) is 0 Å². The molecule has 1 atom stereocenters. The molecule has 1 heterocycles. The molecule has 0 spiro atoms. The Labute approximate surface area is 136 Å². The number of hydrogen-bond donors (Lipinski definition) is 1. The van der Waals surface area contributed by atoms with Crippen molar-refractivity contribution in [3.05, 3.63) is 53.6 Å². The Morgan fingerprint density at radius 1 is 1.22 bits per heavy atom. The largest absolute Gasteiger partial charge is 0.444 e. The second kappa shape index (κ2) is 5.81. The zero-order valence-corrected chi connectivity index (χ0v) is 12.9. The number of benzene rings is 2. The number of halogens is 1. The Morgan fingerprint density at radius 2 is 1.96 bits per heavy atom. The van der Waals surface area contributed by atoms with Gasteiger partial charge in [0.15, 0.2) is 5.58 Å². The molecule has 7 heteroatoms. The SMILES string of the molecule is CC(Oc1ccccc1)(Oc1nc2ccc(Cl)cc2o1)C(N)=O. The van der Waals surface area contributed by atoms with Crippen molar-refractivity contribution in [3.63, 3.8) is 0 Å². The number of fused-ring (bicyclic) bond motifs is 1. The minimum atomic E-state index is -1.77. The second-order valence-corrected chi connectivity index (χ2v) is 5.36. The Balaban J connectivity index is 1.90. The number of nitrogens with zero attached hydrogens (tertiary/aromatic N) is 1.